The van der Waals surface area contributed by atoms with Crippen LogP contribution in [0.15, 0.2) is 18.2 Å². The highest BCUT2D eigenvalue weighted by Gasteiger charge is 2.07. The lowest BCUT2D eigenvalue weighted by atomic mass is 10.2. The van der Waals surface area contributed by atoms with Crippen LogP contribution in [0.5, 0.6) is 0 Å². The summed E-state index contributed by atoms with van der Waals surface area (Å²) < 4.78 is 0.904. The Kier molecular flexibility index (Phi) is 4.82. The first-order valence-electron chi connectivity index (χ1n) is 4.42. The fraction of sp³-hybridized carbons (Fsp3) is 0.300. The van der Waals surface area contributed by atoms with E-state index >= 15 is 0 Å². The van der Waals surface area contributed by atoms with Gasteiger partial charge >= 0.3 is 0 Å². The molecule has 0 aliphatic heterocycles. The van der Waals surface area contributed by atoms with Crippen molar-refractivity contribution in [1.82, 2.24) is 5.32 Å². The summed E-state index contributed by atoms with van der Waals surface area (Å²) in [5.41, 5.74) is 0.501. The highest BCUT2D eigenvalue weighted by Crippen LogP contribution is 2.19. The van der Waals surface area contributed by atoms with Crippen molar-refractivity contribution in [2.45, 2.75) is 13.0 Å². The van der Waals surface area contributed by atoms with Crippen molar-refractivity contribution in [1.29, 1.82) is 0 Å². The predicted molar refractivity (Wildman–Crippen MR) is 68.2 cm³/mol. The lowest BCUT2D eigenvalue weighted by Gasteiger charge is -2.07. The first-order valence-corrected chi connectivity index (χ1v) is 5.87. The molecule has 0 spiro atoms. The van der Waals surface area contributed by atoms with Crippen molar-refractivity contribution in [2.75, 3.05) is 6.54 Å². The number of rotatable bonds is 3. The van der Waals surface area contributed by atoms with Gasteiger partial charge in [0.25, 0.3) is 5.91 Å². The molecule has 82 valence electrons. The van der Waals surface area contributed by atoms with Crippen molar-refractivity contribution in [3.8, 4) is 0 Å². The Morgan fingerprint density at radius 1 is 1.67 bits per heavy atom. The summed E-state index contributed by atoms with van der Waals surface area (Å²) in [7, 11) is 0. The van der Waals surface area contributed by atoms with E-state index in [1.165, 1.54) is 0 Å². The molecule has 2 N–H and O–H groups in total. The molecule has 1 unspecified atom stereocenters. The molecule has 0 radical (unpaired) electrons. The van der Waals surface area contributed by atoms with Gasteiger partial charge in [-0.05, 0) is 47.7 Å². The topological polar surface area (TPSA) is 49.3 Å². The number of carbonyl (C=O) groups excluding carboxylic acids is 1. The van der Waals surface area contributed by atoms with E-state index in [1.807, 2.05) is 0 Å². The Hall–Kier alpha value is -0.330. The molecule has 1 aromatic carbocycles. The van der Waals surface area contributed by atoms with E-state index in [-0.39, 0.29) is 12.5 Å². The second-order valence-electron chi connectivity index (χ2n) is 3.19. The number of amides is 1. The molecule has 0 aliphatic carbocycles. The summed E-state index contributed by atoms with van der Waals surface area (Å²) in [5, 5.41) is 12.2. The predicted octanol–water partition coefficient (Wildman–Crippen LogP) is 2.06. The molecule has 15 heavy (non-hydrogen) atoms. The van der Waals surface area contributed by atoms with Crippen LogP contribution in [0.4, 0.5) is 0 Å². The maximum absolute atomic E-state index is 11.5. The molecule has 0 aromatic heterocycles. The van der Waals surface area contributed by atoms with E-state index in [0.717, 1.165) is 3.57 Å². The molecule has 1 atom stereocenters. The van der Waals surface area contributed by atoms with E-state index in [2.05, 4.69) is 27.9 Å². The maximum Gasteiger partial charge on any atom is 0.251 e. The average molecular weight is 340 g/mol. The van der Waals surface area contributed by atoms with Crippen molar-refractivity contribution in [2.24, 2.45) is 0 Å². The van der Waals surface area contributed by atoms with Gasteiger partial charge in [0.15, 0.2) is 0 Å². The van der Waals surface area contributed by atoms with E-state index in [4.69, 9.17) is 16.7 Å². The minimum atomic E-state index is -0.548. The zero-order valence-electron chi connectivity index (χ0n) is 8.13. The molecule has 1 rings (SSSR count). The zero-order chi connectivity index (χ0) is 11.4. The molecule has 0 heterocycles. The molecule has 0 bridgehead atoms. The Balaban J connectivity index is 2.70. The SMILES string of the molecule is CC(O)CNC(=O)c1ccc(I)c(Cl)c1. The number of carbonyl (C=O) groups is 1. The fourth-order valence-corrected chi connectivity index (χ4v) is 1.50. The van der Waals surface area contributed by atoms with Gasteiger partial charge in [-0.1, -0.05) is 11.6 Å². The fourth-order valence-electron chi connectivity index (χ4n) is 0.980. The van der Waals surface area contributed by atoms with Gasteiger partial charge < -0.3 is 10.4 Å². The van der Waals surface area contributed by atoms with Gasteiger partial charge in [-0.15, -0.1) is 0 Å². The van der Waals surface area contributed by atoms with Crippen LogP contribution in [-0.4, -0.2) is 23.7 Å². The lowest BCUT2D eigenvalue weighted by molar-refractivity contribution is 0.0924. The molecule has 1 amide bonds. The summed E-state index contributed by atoms with van der Waals surface area (Å²) >= 11 is 7.98. The Bertz CT molecular complexity index is 368. The van der Waals surface area contributed by atoms with Crippen LogP contribution in [0, 0.1) is 3.57 Å². The number of benzene rings is 1. The standard InChI is InChI=1S/C10H11ClINO2/c1-6(14)5-13-10(15)7-2-3-9(12)8(11)4-7/h2-4,6,14H,5H2,1H3,(H,13,15). The van der Waals surface area contributed by atoms with Gasteiger partial charge in [-0.3, -0.25) is 4.79 Å². The third-order valence-electron chi connectivity index (χ3n) is 1.74. The summed E-state index contributed by atoms with van der Waals surface area (Å²) in [6.45, 7) is 1.85. The molecule has 1 aromatic rings. The van der Waals surface area contributed by atoms with Crippen molar-refractivity contribution in [3.05, 3.63) is 32.4 Å². The summed E-state index contributed by atoms with van der Waals surface area (Å²) in [4.78, 5) is 11.5. The minimum Gasteiger partial charge on any atom is -0.392 e. The second kappa shape index (κ2) is 5.67. The molecule has 3 nitrogen and oxygen atoms in total. The van der Waals surface area contributed by atoms with E-state index in [0.29, 0.717) is 10.6 Å². The van der Waals surface area contributed by atoms with Crippen LogP contribution in [0.25, 0.3) is 0 Å². The average Bonchev–Trinajstić information content (AvgIpc) is 2.18. The largest absolute Gasteiger partial charge is 0.392 e. The quantitative estimate of drug-likeness (QED) is 0.828. The first kappa shape index (κ1) is 12.7. The van der Waals surface area contributed by atoms with Gasteiger partial charge in [0.1, 0.15) is 0 Å². The summed E-state index contributed by atoms with van der Waals surface area (Å²) in [6.07, 6.45) is -0.548. The third-order valence-corrected chi connectivity index (χ3v) is 3.31. The highest BCUT2D eigenvalue weighted by atomic mass is 127. The van der Waals surface area contributed by atoms with E-state index in [9.17, 15) is 4.79 Å². The molecular weight excluding hydrogens is 328 g/mol. The van der Waals surface area contributed by atoms with Gasteiger partial charge in [-0.25, -0.2) is 0 Å². The van der Waals surface area contributed by atoms with Crippen LogP contribution in [0.1, 0.15) is 17.3 Å². The van der Waals surface area contributed by atoms with Crippen LogP contribution in [0.3, 0.4) is 0 Å². The van der Waals surface area contributed by atoms with Crippen LogP contribution in [-0.2, 0) is 0 Å². The highest BCUT2D eigenvalue weighted by molar-refractivity contribution is 14.1. The van der Waals surface area contributed by atoms with Gasteiger partial charge in [0.2, 0.25) is 0 Å². The van der Waals surface area contributed by atoms with E-state index in [1.54, 1.807) is 25.1 Å². The molecule has 0 saturated carbocycles. The molecule has 0 aliphatic rings. The van der Waals surface area contributed by atoms with Crippen LogP contribution >= 0.6 is 34.2 Å². The molecule has 5 heteroatoms. The Morgan fingerprint density at radius 3 is 2.87 bits per heavy atom. The lowest BCUT2D eigenvalue weighted by Crippen LogP contribution is -2.30. The Morgan fingerprint density at radius 2 is 2.33 bits per heavy atom. The number of nitrogens with one attached hydrogen (secondary N) is 1. The Labute approximate surface area is 107 Å². The van der Waals surface area contributed by atoms with Gasteiger partial charge in [0.05, 0.1) is 11.1 Å². The summed E-state index contributed by atoms with van der Waals surface area (Å²) in [5.74, 6) is -0.228. The third kappa shape index (κ3) is 3.96. The monoisotopic (exact) mass is 339 g/mol. The molecule has 0 fully saturated rings. The van der Waals surface area contributed by atoms with Crippen LogP contribution < -0.4 is 5.32 Å². The number of aliphatic hydroxyl groups is 1. The molecular formula is C10H11ClINO2. The minimum absolute atomic E-state index is 0.228. The zero-order valence-corrected chi connectivity index (χ0v) is 11.0. The number of hydrogen-bond donors (Lipinski definition) is 2. The number of hydrogen-bond acceptors (Lipinski definition) is 2. The maximum atomic E-state index is 11.5. The normalized spacial score (nSPS) is 12.3. The van der Waals surface area contributed by atoms with Gasteiger partial charge in [0, 0.05) is 15.7 Å². The van der Waals surface area contributed by atoms with Crippen molar-refractivity contribution >= 4 is 40.1 Å². The number of halogens is 2. The smallest absolute Gasteiger partial charge is 0.251 e. The molecule has 0 saturated heterocycles. The van der Waals surface area contributed by atoms with Gasteiger partial charge in [-0.2, -0.15) is 0 Å². The second-order valence-corrected chi connectivity index (χ2v) is 4.76. The summed E-state index contributed by atoms with van der Waals surface area (Å²) in [6, 6.07) is 5.09. The first-order chi connectivity index (χ1) is 7.00. The number of aliphatic hydroxyl groups excluding tert-OH is 1. The van der Waals surface area contributed by atoms with E-state index < -0.39 is 6.10 Å². The van der Waals surface area contributed by atoms with Crippen molar-refractivity contribution in [3.63, 3.8) is 0 Å². The van der Waals surface area contributed by atoms with Crippen LogP contribution in [0.2, 0.25) is 5.02 Å². The van der Waals surface area contributed by atoms with Crippen molar-refractivity contribution < 1.29 is 9.90 Å².